The molecule has 0 spiro atoms. The third kappa shape index (κ3) is 7.75. The van der Waals surface area contributed by atoms with Crippen molar-refractivity contribution in [3.05, 3.63) is 173 Å². The first-order valence-corrected chi connectivity index (χ1v) is 23.9. The van der Waals surface area contributed by atoms with Crippen molar-refractivity contribution in [2.75, 3.05) is 9.80 Å². The van der Waals surface area contributed by atoms with Crippen molar-refractivity contribution in [1.29, 1.82) is 0 Å². The zero-order chi connectivity index (χ0) is 42.2. The molecule has 0 aliphatic heterocycles. The second kappa shape index (κ2) is 17.0. The van der Waals surface area contributed by atoms with Gasteiger partial charge in [-0.25, -0.2) is 0 Å². The minimum atomic E-state index is -0.0779. The quantitative estimate of drug-likeness (QED) is 0.0917. The summed E-state index contributed by atoms with van der Waals surface area (Å²) in [7, 11) is 0. The Labute approximate surface area is 368 Å². The van der Waals surface area contributed by atoms with Crippen LogP contribution in [0.2, 0.25) is 0 Å². The predicted molar refractivity (Wildman–Crippen MR) is 262 cm³/mol. The maximum Gasteiger partial charge on any atom is 0.0465 e. The zero-order valence-electron chi connectivity index (χ0n) is 38.0. The van der Waals surface area contributed by atoms with Crippen LogP contribution in [0.5, 0.6) is 0 Å². The highest BCUT2D eigenvalue weighted by molar-refractivity contribution is 5.88. The molecule has 2 nitrogen and oxygen atoms in total. The van der Waals surface area contributed by atoms with Gasteiger partial charge in [-0.2, -0.15) is 0 Å². The van der Waals surface area contributed by atoms with Crippen molar-refractivity contribution < 1.29 is 0 Å². The van der Waals surface area contributed by atoms with Gasteiger partial charge in [-0.3, -0.25) is 0 Å². The molecule has 4 aliphatic rings. The molecule has 5 aromatic carbocycles. The van der Waals surface area contributed by atoms with Crippen LogP contribution in [0.4, 0.5) is 28.4 Å². The normalized spacial score (nSPS) is 17.9. The van der Waals surface area contributed by atoms with Crippen LogP contribution in [-0.2, 0) is 31.1 Å². The number of nitrogens with zero attached hydrogens (tertiary/aromatic N) is 2. The first kappa shape index (κ1) is 41.3. The molecule has 2 heteroatoms. The van der Waals surface area contributed by atoms with Gasteiger partial charge < -0.3 is 9.80 Å². The number of para-hydroxylation sites is 1. The van der Waals surface area contributed by atoms with Crippen LogP contribution in [0.25, 0.3) is 11.1 Å². The van der Waals surface area contributed by atoms with Crippen molar-refractivity contribution >= 4 is 28.4 Å². The number of unbranched alkanes of at least 4 members (excludes halogenated alkanes) is 6. The van der Waals surface area contributed by atoms with Crippen LogP contribution in [-0.4, -0.2) is 0 Å². The third-order valence-corrected chi connectivity index (χ3v) is 15.2. The molecule has 4 aliphatic carbocycles. The van der Waals surface area contributed by atoms with Gasteiger partial charge in [0.25, 0.3) is 0 Å². The van der Waals surface area contributed by atoms with Crippen molar-refractivity contribution in [2.24, 2.45) is 10.8 Å². The van der Waals surface area contributed by atoms with E-state index in [-0.39, 0.29) is 16.2 Å². The number of fused-ring (bicyclic) bond motifs is 5. The fourth-order valence-electron chi connectivity index (χ4n) is 10.6. The lowest BCUT2D eigenvalue weighted by molar-refractivity contribution is 0.228. The molecule has 0 bridgehead atoms. The lowest BCUT2D eigenvalue weighted by Crippen LogP contribution is -2.28. The molecular weight excluding hydrogens is 737 g/mol. The van der Waals surface area contributed by atoms with Gasteiger partial charge in [0.05, 0.1) is 0 Å². The minimum absolute atomic E-state index is 0.0605. The number of hydrogen-bond acceptors (Lipinski definition) is 2. The van der Waals surface area contributed by atoms with Crippen molar-refractivity contribution in [2.45, 2.75) is 137 Å². The second-order valence-corrected chi connectivity index (χ2v) is 19.9. The van der Waals surface area contributed by atoms with Gasteiger partial charge in [-0.05, 0) is 161 Å². The molecule has 0 fully saturated rings. The largest absolute Gasteiger partial charge is 0.310 e. The average Bonchev–Trinajstić information content (AvgIpc) is 3.33. The number of aryl methyl sites for hydroxylation is 4. The lowest BCUT2D eigenvalue weighted by Gasteiger charge is -2.37. The Balaban J connectivity index is 1.21. The fourth-order valence-corrected chi connectivity index (χ4v) is 10.6. The first-order chi connectivity index (χ1) is 29.6. The summed E-state index contributed by atoms with van der Waals surface area (Å²) in [6.45, 7) is 14.1. The topological polar surface area (TPSA) is 6.48 Å². The van der Waals surface area contributed by atoms with Gasteiger partial charge in [-0.15, -0.1) is 0 Å². The van der Waals surface area contributed by atoms with Crippen LogP contribution in [0.3, 0.4) is 0 Å². The molecule has 0 saturated carbocycles. The maximum atomic E-state index is 2.63. The summed E-state index contributed by atoms with van der Waals surface area (Å²) in [4.78, 5) is 5.08. The Morgan fingerprint density at radius 2 is 1.02 bits per heavy atom. The number of hydrogen-bond donors (Lipinski definition) is 0. The molecule has 0 amide bonds. The van der Waals surface area contributed by atoms with E-state index in [4.69, 9.17) is 0 Å². The molecule has 9 rings (SSSR count). The summed E-state index contributed by atoms with van der Waals surface area (Å²) in [5, 5.41) is 0. The van der Waals surface area contributed by atoms with Gasteiger partial charge in [-0.1, -0.05) is 154 Å². The van der Waals surface area contributed by atoms with Crippen molar-refractivity contribution in [3.63, 3.8) is 0 Å². The van der Waals surface area contributed by atoms with Gasteiger partial charge in [0.15, 0.2) is 0 Å². The van der Waals surface area contributed by atoms with E-state index in [1.807, 2.05) is 0 Å². The smallest absolute Gasteiger partial charge is 0.0465 e. The van der Waals surface area contributed by atoms with Gasteiger partial charge in [0.2, 0.25) is 0 Å². The Hall–Kier alpha value is -5.08. The lowest BCUT2D eigenvalue weighted by atomic mass is 9.68. The van der Waals surface area contributed by atoms with Crippen molar-refractivity contribution in [3.8, 4) is 11.1 Å². The van der Waals surface area contributed by atoms with E-state index >= 15 is 0 Å². The van der Waals surface area contributed by atoms with E-state index in [2.05, 4.69) is 185 Å². The number of allylic oxidation sites excluding steroid dienone is 5. The fraction of sp³-hybridized carbons (Fsp3) is 0.390. The van der Waals surface area contributed by atoms with Crippen LogP contribution >= 0.6 is 0 Å². The first-order valence-electron chi connectivity index (χ1n) is 23.9. The van der Waals surface area contributed by atoms with Crippen LogP contribution in [0, 0.1) is 10.8 Å². The van der Waals surface area contributed by atoms with E-state index in [1.54, 1.807) is 0 Å². The molecule has 5 aromatic rings. The number of anilines is 5. The third-order valence-electron chi connectivity index (χ3n) is 15.2. The molecular formula is C59H68N2. The number of rotatable bonds is 16. The van der Waals surface area contributed by atoms with Crippen LogP contribution in [0.1, 0.15) is 139 Å². The highest BCUT2D eigenvalue weighted by atomic mass is 15.2. The highest BCUT2D eigenvalue weighted by Crippen LogP contribution is 2.57. The molecule has 314 valence electrons. The van der Waals surface area contributed by atoms with Crippen molar-refractivity contribution in [1.82, 2.24) is 0 Å². The summed E-state index contributed by atoms with van der Waals surface area (Å²) >= 11 is 0. The molecule has 61 heavy (non-hydrogen) atoms. The SMILES string of the molecule is CCCCCCC1(CCCCCC)c2cc(N(C3=CC=CC(C)(C(C)(C)C)C=C3)c3ccc4c(c3)CC4)ccc2-c2ccc(N(c3ccccc3)c3ccc4c(c3)CC4)cc21. The van der Waals surface area contributed by atoms with Gasteiger partial charge in [0.1, 0.15) is 0 Å². The number of benzene rings is 5. The molecule has 0 heterocycles. The summed E-state index contributed by atoms with van der Waals surface area (Å²) in [6, 6.07) is 40.5. The minimum Gasteiger partial charge on any atom is -0.310 e. The second-order valence-electron chi connectivity index (χ2n) is 19.9. The monoisotopic (exact) mass is 805 g/mol. The Bertz CT molecular complexity index is 2460. The summed E-state index contributed by atoms with van der Waals surface area (Å²) in [6.07, 6.45) is 29.1. The average molecular weight is 805 g/mol. The predicted octanol–water partition coefficient (Wildman–Crippen LogP) is 16.8. The van der Waals surface area contributed by atoms with Gasteiger partial charge >= 0.3 is 0 Å². The molecule has 1 unspecified atom stereocenters. The van der Waals surface area contributed by atoms with E-state index in [0.29, 0.717) is 0 Å². The summed E-state index contributed by atoms with van der Waals surface area (Å²) < 4.78 is 0. The van der Waals surface area contributed by atoms with E-state index in [9.17, 15) is 0 Å². The zero-order valence-corrected chi connectivity index (χ0v) is 38.0. The maximum absolute atomic E-state index is 2.63. The Morgan fingerprint density at radius 1 is 0.508 bits per heavy atom. The van der Waals surface area contributed by atoms with Crippen LogP contribution in [0.15, 0.2) is 139 Å². The van der Waals surface area contributed by atoms with E-state index < -0.39 is 0 Å². The van der Waals surface area contributed by atoms with Crippen LogP contribution < -0.4 is 9.80 Å². The molecule has 0 saturated heterocycles. The molecule has 0 N–H and O–H groups in total. The van der Waals surface area contributed by atoms with E-state index in [1.165, 1.54) is 169 Å². The summed E-state index contributed by atoms with van der Waals surface area (Å²) in [5.74, 6) is 0. The molecule has 0 radical (unpaired) electrons. The Kier molecular flexibility index (Phi) is 11.5. The highest BCUT2D eigenvalue weighted by Gasteiger charge is 2.43. The molecule has 0 aromatic heterocycles. The van der Waals surface area contributed by atoms with Gasteiger partial charge in [0, 0.05) is 45.0 Å². The molecule has 1 atom stereocenters. The van der Waals surface area contributed by atoms with E-state index in [0.717, 1.165) is 0 Å². The summed E-state index contributed by atoms with van der Waals surface area (Å²) in [5.41, 5.74) is 19.3. The standard InChI is InChI=1S/C59H68N2/c1-7-9-11-16-36-59(37-17-12-10-8-2)55-41-51(60(47-19-14-13-15-20-47)49-28-26-43-22-24-45(43)39-49)30-32-53(55)54-33-31-52(42-56(54)59)61(50-29-27-44-23-25-46(44)40-50)48-21-18-35-58(6,38-34-48)57(3,4)5/h13-15,18-21,26-35,38-42H,7-12,16-17,22-25,36-37H2,1-6H3. The Morgan fingerprint density at radius 3 is 1.52 bits per heavy atom.